The van der Waals surface area contributed by atoms with Crippen molar-refractivity contribution < 1.29 is 4.79 Å². The van der Waals surface area contributed by atoms with Crippen molar-refractivity contribution in [2.24, 2.45) is 5.10 Å². The predicted molar refractivity (Wildman–Crippen MR) is 139 cm³/mol. The molecule has 0 aliphatic heterocycles. The highest BCUT2D eigenvalue weighted by Crippen LogP contribution is 2.27. The molecule has 0 saturated heterocycles. The average Bonchev–Trinajstić information content (AvgIpc) is 3.21. The summed E-state index contributed by atoms with van der Waals surface area (Å²) in [5.41, 5.74) is 9.50. The molecule has 0 unspecified atom stereocenters. The first-order valence-corrected chi connectivity index (χ1v) is 11.4. The second-order valence-corrected chi connectivity index (χ2v) is 8.77. The van der Waals surface area contributed by atoms with Gasteiger partial charge in [-0.1, -0.05) is 36.4 Å². The zero-order valence-corrected chi connectivity index (χ0v) is 20.4. The Hall–Kier alpha value is -3.64. The lowest BCUT2D eigenvalue weighted by Crippen LogP contribution is -2.17. The second-order valence-electron chi connectivity index (χ2n) is 7.91. The minimum absolute atomic E-state index is 0.255. The third-order valence-electron chi connectivity index (χ3n) is 5.37. The quantitative estimate of drug-likeness (QED) is 0.259. The Morgan fingerprint density at radius 3 is 2.36 bits per heavy atom. The lowest BCUT2D eigenvalue weighted by molar-refractivity contribution is 0.0955. The summed E-state index contributed by atoms with van der Waals surface area (Å²) < 4.78 is 3.15. The number of nitrogens with zero attached hydrogens (tertiary/aromatic N) is 3. The summed E-state index contributed by atoms with van der Waals surface area (Å²) in [7, 11) is 3.97. The lowest BCUT2D eigenvalue weighted by Gasteiger charge is -2.14. The van der Waals surface area contributed by atoms with Crippen molar-refractivity contribution in [3.8, 4) is 16.9 Å². The number of anilines is 1. The van der Waals surface area contributed by atoms with Gasteiger partial charge >= 0.3 is 0 Å². The number of hydrogen-bond donors (Lipinski definition) is 1. The molecule has 5 nitrogen and oxygen atoms in total. The number of hydrogen-bond acceptors (Lipinski definition) is 3. The summed E-state index contributed by atoms with van der Waals surface area (Å²) in [5, 5.41) is 4.11. The Labute approximate surface area is 202 Å². The molecule has 1 amide bonds. The van der Waals surface area contributed by atoms with Crippen LogP contribution >= 0.6 is 15.9 Å². The summed E-state index contributed by atoms with van der Waals surface area (Å²) in [6, 6.07) is 27.9. The number of aryl methyl sites for hydroxylation is 1. The molecule has 1 aromatic heterocycles. The molecule has 0 bridgehead atoms. The number of rotatable bonds is 6. The number of halogens is 1. The van der Waals surface area contributed by atoms with Crippen LogP contribution in [0.1, 0.15) is 21.6 Å². The van der Waals surface area contributed by atoms with Crippen LogP contribution in [-0.2, 0) is 0 Å². The third-order valence-corrected chi connectivity index (χ3v) is 6.00. The van der Waals surface area contributed by atoms with E-state index in [0.29, 0.717) is 5.56 Å². The SMILES string of the molecule is Cc1ccc(-c2ccccc2)n1-c1ccc(C(=O)N/N=C/c2ccc(N(C)C)c(Br)c2)cc1. The van der Waals surface area contributed by atoms with Gasteiger partial charge in [0, 0.05) is 35.5 Å². The Bertz CT molecular complexity index is 1290. The molecule has 1 heterocycles. The van der Waals surface area contributed by atoms with E-state index in [1.807, 2.05) is 79.7 Å². The summed E-state index contributed by atoms with van der Waals surface area (Å²) in [6.45, 7) is 2.07. The molecule has 1 N–H and O–H groups in total. The van der Waals surface area contributed by atoms with Crippen molar-refractivity contribution in [1.29, 1.82) is 0 Å². The maximum Gasteiger partial charge on any atom is 0.271 e. The number of nitrogens with one attached hydrogen (secondary N) is 1. The van der Waals surface area contributed by atoms with Crippen LogP contribution < -0.4 is 10.3 Å². The summed E-state index contributed by atoms with van der Waals surface area (Å²) in [4.78, 5) is 14.6. The topological polar surface area (TPSA) is 49.6 Å². The zero-order valence-electron chi connectivity index (χ0n) is 18.8. The van der Waals surface area contributed by atoms with Crippen molar-refractivity contribution in [1.82, 2.24) is 9.99 Å². The number of benzene rings is 3. The number of carbonyl (C=O) groups excluding carboxylic acids is 1. The molecule has 0 fully saturated rings. The maximum absolute atomic E-state index is 12.6. The molecule has 33 heavy (non-hydrogen) atoms. The van der Waals surface area contributed by atoms with Gasteiger partial charge in [0.1, 0.15) is 0 Å². The average molecular weight is 501 g/mol. The van der Waals surface area contributed by atoms with Gasteiger partial charge in [0.05, 0.1) is 17.6 Å². The van der Waals surface area contributed by atoms with Crippen molar-refractivity contribution >= 4 is 33.7 Å². The molecule has 0 saturated carbocycles. The molecule has 0 spiro atoms. The van der Waals surface area contributed by atoms with Gasteiger partial charge in [0.25, 0.3) is 5.91 Å². The van der Waals surface area contributed by atoms with Crippen LogP contribution in [0.25, 0.3) is 16.9 Å². The molecule has 0 atom stereocenters. The lowest BCUT2D eigenvalue weighted by atomic mass is 10.1. The van der Waals surface area contributed by atoms with E-state index in [2.05, 4.69) is 62.2 Å². The van der Waals surface area contributed by atoms with E-state index in [9.17, 15) is 4.79 Å². The van der Waals surface area contributed by atoms with Crippen molar-refractivity contribution in [2.75, 3.05) is 19.0 Å². The predicted octanol–water partition coefficient (Wildman–Crippen LogP) is 6.05. The van der Waals surface area contributed by atoms with Crippen molar-refractivity contribution in [3.63, 3.8) is 0 Å². The normalized spacial score (nSPS) is 11.0. The second kappa shape index (κ2) is 9.88. The van der Waals surface area contributed by atoms with Gasteiger partial charge in [-0.3, -0.25) is 4.79 Å². The van der Waals surface area contributed by atoms with Crippen LogP contribution in [0.15, 0.2) is 94.5 Å². The molecule has 6 heteroatoms. The van der Waals surface area contributed by atoms with Crippen molar-refractivity contribution in [3.05, 3.63) is 106 Å². The van der Waals surface area contributed by atoms with Crippen LogP contribution in [0.5, 0.6) is 0 Å². The molecule has 4 aromatic rings. The van der Waals surface area contributed by atoms with E-state index in [4.69, 9.17) is 0 Å². The number of aromatic nitrogens is 1. The van der Waals surface area contributed by atoms with E-state index in [-0.39, 0.29) is 5.91 Å². The number of carbonyl (C=O) groups is 1. The highest BCUT2D eigenvalue weighted by atomic mass is 79.9. The standard InChI is InChI=1S/C27H25BrN4O/c1-19-9-15-25(21-7-5-4-6-8-21)32(19)23-13-11-22(12-14-23)27(33)30-29-18-20-10-16-26(31(2)3)24(28)17-20/h4-18H,1-3H3,(H,30,33)/b29-18+. The Morgan fingerprint density at radius 2 is 1.70 bits per heavy atom. The minimum Gasteiger partial charge on any atom is -0.377 e. The summed E-state index contributed by atoms with van der Waals surface area (Å²) >= 11 is 3.56. The molecular formula is C27H25BrN4O. The van der Waals surface area contributed by atoms with Gasteiger partial charge in [0.2, 0.25) is 0 Å². The monoisotopic (exact) mass is 500 g/mol. The largest absolute Gasteiger partial charge is 0.377 e. The zero-order chi connectivity index (χ0) is 23.4. The van der Waals surface area contributed by atoms with Gasteiger partial charge in [-0.15, -0.1) is 0 Å². The molecule has 0 radical (unpaired) electrons. The van der Waals surface area contributed by atoms with Crippen LogP contribution in [0.2, 0.25) is 0 Å². The van der Waals surface area contributed by atoms with E-state index < -0.39 is 0 Å². The van der Waals surface area contributed by atoms with Crippen LogP contribution in [0.3, 0.4) is 0 Å². The Kier molecular flexibility index (Phi) is 6.75. The first-order chi connectivity index (χ1) is 15.9. The first-order valence-electron chi connectivity index (χ1n) is 10.6. The van der Waals surface area contributed by atoms with E-state index in [0.717, 1.165) is 38.4 Å². The van der Waals surface area contributed by atoms with Gasteiger partial charge in [-0.2, -0.15) is 5.10 Å². The third kappa shape index (κ3) is 5.07. The first kappa shape index (κ1) is 22.6. The smallest absolute Gasteiger partial charge is 0.271 e. The maximum atomic E-state index is 12.6. The molecule has 0 aliphatic rings. The molecule has 4 rings (SSSR count). The molecular weight excluding hydrogens is 476 g/mol. The molecule has 0 aliphatic carbocycles. The highest BCUT2D eigenvalue weighted by molar-refractivity contribution is 9.10. The number of hydrazone groups is 1. The van der Waals surface area contributed by atoms with Gasteiger partial charge in [0.15, 0.2) is 0 Å². The fraction of sp³-hybridized carbons (Fsp3) is 0.111. The van der Waals surface area contributed by atoms with E-state index >= 15 is 0 Å². The Morgan fingerprint density at radius 1 is 0.970 bits per heavy atom. The van der Waals surface area contributed by atoms with E-state index in [1.165, 1.54) is 0 Å². The van der Waals surface area contributed by atoms with E-state index in [1.54, 1.807) is 6.21 Å². The minimum atomic E-state index is -0.255. The fourth-order valence-electron chi connectivity index (χ4n) is 3.67. The fourth-order valence-corrected chi connectivity index (χ4v) is 4.42. The summed E-state index contributed by atoms with van der Waals surface area (Å²) in [5.74, 6) is -0.255. The molecule has 166 valence electrons. The highest BCUT2D eigenvalue weighted by Gasteiger charge is 2.11. The van der Waals surface area contributed by atoms with Gasteiger partial charge in [-0.05, 0) is 82.5 Å². The van der Waals surface area contributed by atoms with Crippen LogP contribution in [0, 0.1) is 6.92 Å². The van der Waals surface area contributed by atoms with Crippen LogP contribution in [-0.4, -0.2) is 30.8 Å². The molecule has 3 aromatic carbocycles. The van der Waals surface area contributed by atoms with Crippen LogP contribution in [0.4, 0.5) is 5.69 Å². The number of amides is 1. The Balaban J connectivity index is 1.47. The van der Waals surface area contributed by atoms with Gasteiger partial charge < -0.3 is 9.47 Å². The van der Waals surface area contributed by atoms with Crippen molar-refractivity contribution in [2.45, 2.75) is 6.92 Å². The summed E-state index contributed by atoms with van der Waals surface area (Å²) in [6.07, 6.45) is 1.63. The van der Waals surface area contributed by atoms with Gasteiger partial charge in [-0.25, -0.2) is 5.43 Å².